The number of hydrogen-bond acceptors (Lipinski definition) is 4. The number of nitrogens with zero attached hydrogens (tertiary/aromatic N) is 3. The predicted molar refractivity (Wildman–Crippen MR) is 68.5 cm³/mol. The molecule has 1 aromatic rings. The Labute approximate surface area is 124 Å². The molecule has 0 aromatic carbocycles. The van der Waals surface area contributed by atoms with Crippen molar-refractivity contribution in [3.8, 4) is 0 Å². The Morgan fingerprint density at radius 3 is 2.73 bits per heavy atom. The number of amides is 1. The molecule has 0 aliphatic carbocycles. The van der Waals surface area contributed by atoms with Crippen LogP contribution in [0.1, 0.15) is 31.0 Å². The average molecular weight is 319 g/mol. The first kappa shape index (κ1) is 16.3. The molecule has 2 rings (SSSR count). The van der Waals surface area contributed by atoms with Crippen LogP contribution in [0.25, 0.3) is 0 Å². The van der Waals surface area contributed by atoms with Gasteiger partial charge in [-0.05, 0) is 25.3 Å². The molecule has 6 nitrogen and oxygen atoms in total. The number of aromatic nitrogens is 2. The first-order valence-electron chi connectivity index (χ1n) is 6.82. The maximum Gasteiger partial charge on any atom is 0.422 e. The van der Waals surface area contributed by atoms with Crippen LogP contribution in [-0.4, -0.2) is 45.9 Å². The van der Waals surface area contributed by atoms with Crippen molar-refractivity contribution in [3.63, 3.8) is 0 Å². The Balaban J connectivity index is 2.09. The fraction of sp³-hybridized carbons (Fsp3) is 0.615. The lowest BCUT2D eigenvalue weighted by atomic mass is 9.99. The third kappa shape index (κ3) is 3.77. The van der Waals surface area contributed by atoms with Gasteiger partial charge in [-0.2, -0.15) is 18.3 Å². The maximum atomic E-state index is 12.1. The summed E-state index contributed by atoms with van der Waals surface area (Å²) in [5, 5.41) is 4.01. The molecule has 0 spiro atoms. The summed E-state index contributed by atoms with van der Waals surface area (Å²) < 4.78 is 41.8. The number of esters is 1. The summed E-state index contributed by atoms with van der Waals surface area (Å²) in [7, 11) is 1.70. The van der Waals surface area contributed by atoms with Crippen molar-refractivity contribution in [1.29, 1.82) is 0 Å². The minimum Gasteiger partial charge on any atom is -0.449 e. The van der Waals surface area contributed by atoms with E-state index in [2.05, 4.69) is 9.84 Å². The fourth-order valence-electron chi connectivity index (χ4n) is 2.52. The molecule has 22 heavy (non-hydrogen) atoms. The number of aryl methyl sites for hydroxylation is 1. The summed E-state index contributed by atoms with van der Waals surface area (Å²) in [6, 6.07) is 1.34. The Morgan fingerprint density at radius 2 is 2.14 bits per heavy atom. The zero-order valence-corrected chi connectivity index (χ0v) is 12.0. The molecule has 0 N–H and O–H groups in total. The van der Waals surface area contributed by atoms with E-state index in [4.69, 9.17) is 0 Å². The van der Waals surface area contributed by atoms with Gasteiger partial charge in [-0.15, -0.1) is 0 Å². The van der Waals surface area contributed by atoms with Crippen molar-refractivity contribution in [2.75, 3.05) is 13.2 Å². The molecule has 122 valence electrons. The van der Waals surface area contributed by atoms with Crippen LogP contribution < -0.4 is 0 Å². The third-order valence-corrected chi connectivity index (χ3v) is 3.51. The summed E-state index contributed by atoms with van der Waals surface area (Å²) in [5.74, 6) is -2.53. The lowest BCUT2D eigenvalue weighted by molar-refractivity contribution is -0.190. The zero-order valence-electron chi connectivity index (χ0n) is 12.0. The Kier molecular flexibility index (Phi) is 4.72. The van der Waals surface area contributed by atoms with E-state index < -0.39 is 24.7 Å². The second-order valence-corrected chi connectivity index (χ2v) is 5.08. The van der Waals surface area contributed by atoms with Crippen molar-refractivity contribution in [2.24, 2.45) is 7.05 Å². The van der Waals surface area contributed by atoms with Gasteiger partial charge in [0.2, 0.25) is 0 Å². The van der Waals surface area contributed by atoms with Crippen molar-refractivity contribution < 1.29 is 27.5 Å². The number of carbonyl (C=O) groups is 2. The van der Waals surface area contributed by atoms with Crippen LogP contribution in [0.3, 0.4) is 0 Å². The van der Waals surface area contributed by atoms with E-state index >= 15 is 0 Å². The van der Waals surface area contributed by atoms with E-state index in [1.165, 1.54) is 4.90 Å². The van der Waals surface area contributed by atoms with Gasteiger partial charge >= 0.3 is 18.1 Å². The van der Waals surface area contributed by atoms with Crippen molar-refractivity contribution in [3.05, 3.63) is 18.0 Å². The van der Waals surface area contributed by atoms with E-state index in [1.54, 1.807) is 24.0 Å². The lowest BCUT2D eigenvalue weighted by Gasteiger charge is -2.34. The number of alkyl halides is 3. The highest BCUT2D eigenvalue weighted by molar-refractivity contribution is 6.32. The molecule has 1 fully saturated rings. The largest absolute Gasteiger partial charge is 0.449 e. The van der Waals surface area contributed by atoms with Gasteiger partial charge in [0.1, 0.15) is 0 Å². The highest BCUT2D eigenvalue weighted by atomic mass is 19.4. The minimum atomic E-state index is -4.65. The fourth-order valence-corrected chi connectivity index (χ4v) is 2.52. The summed E-state index contributed by atoms with van der Waals surface area (Å²) in [6.45, 7) is -1.46. The first-order valence-corrected chi connectivity index (χ1v) is 6.82. The number of piperidine rings is 1. The molecule has 0 saturated carbocycles. The van der Waals surface area contributed by atoms with Gasteiger partial charge in [0.05, 0.1) is 11.7 Å². The molecule has 9 heteroatoms. The summed E-state index contributed by atoms with van der Waals surface area (Å²) in [5.41, 5.74) is 0.733. The molecule has 0 bridgehead atoms. The topological polar surface area (TPSA) is 64.4 Å². The normalized spacial score (nSPS) is 19.1. The number of ether oxygens (including phenoxy) is 1. The number of likely N-dealkylation sites (tertiary alicyclic amines) is 1. The van der Waals surface area contributed by atoms with E-state index in [0.29, 0.717) is 19.4 Å². The smallest absolute Gasteiger partial charge is 0.422 e. The number of carbonyl (C=O) groups excluding carboxylic acids is 2. The highest BCUT2D eigenvalue weighted by Gasteiger charge is 2.36. The molecule has 1 saturated heterocycles. The third-order valence-electron chi connectivity index (χ3n) is 3.51. The summed E-state index contributed by atoms with van der Waals surface area (Å²) in [6.07, 6.45) is -0.921. The van der Waals surface area contributed by atoms with Crippen LogP contribution in [0, 0.1) is 0 Å². The molecule has 1 aromatic heterocycles. The monoisotopic (exact) mass is 319 g/mol. The number of rotatable bonds is 2. The molecule has 1 amide bonds. The van der Waals surface area contributed by atoms with Gasteiger partial charge in [-0.1, -0.05) is 0 Å². The second-order valence-electron chi connectivity index (χ2n) is 5.08. The molecule has 0 unspecified atom stereocenters. The van der Waals surface area contributed by atoms with Gasteiger partial charge in [0, 0.05) is 19.8 Å². The summed E-state index contributed by atoms with van der Waals surface area (Å²) in [4.78, 5) is 24.9. The van der Waals surface area contributed by atoms with E-state index in [9.17, 15) is 22.8 Å². The van der Waals surface area contributed by atoms with Crippen LogP contribution in [-0.2, 0) is 21.4 Å². The Hall–Kier alpha value is -2.06. The Bertz CT molecular complexity index is 556. The zero-order chi connectivity index (χ0) is 16.3. The molecule has 1 atom stereocenters. The SMILES string of the molecule is Cn1nccc1[C@@H]1CCCCN1C(=O)C(=O)OCC(F)(F)F. The minimum absolute atomic E-state index is 0.301. The standard InChI is InChI=1S/C13H16F3N3O3/c1-18-9(5-6-17-18)10-4-2-3-7-19(10)11(20)12(21)22-8-13(14,15)16/h5-6,10H,2-4,7-8H2,1H3/t10-/m0/s1. The summed E-state index contributed by atoms with van der Waals surface area (Å²) >= 11 is 0. The van der Waals surface area contributed by atoms with E-state index in [0.717, 1.165) is 12.1 Å². The van der Waals surface area contributed by atoms with Crippen LogP contribution in [0.2, 0.25) is 0 Å². The highest BCUT2D eigenvalue weighted by Crippen LogP contribution is 2.30. The van der Waals surface area contributed by atoms with E-state index in [1.807, 2.05) is 0 Å². The van der Waals surface area contributed by atoms with Crippen LogP contribution in [0.15, 0.2) is 12.3 Å². The molecule has 2 heterocycles. The number of halogens is 3. The second kappa shape index (κ2) is 6.37. The Morgan fingerprint density at radius 1 is 1.41 bits per heavy atom. The quantitative estimate of drug-likeness (QED) is 0.613. The molecule has 1 aliphatic rings. The molecule has 0 radical (unpaired) electrons. The van der Waals surface area contributed by atoms with Crippen LogP contribution >= 0.6 is 0 Å². The number of hydrogen-bond donors (Lipinski definition) is 0. The van der Waals surface area contributed by atoms with Gasteiger partial charge in [-0.3, -0.25) is 9.48 Å². The van der Waals surface area contributed by atoms with Gasteiger partial charge in [0.25, 0.3) is 0 Å². The maximum absolute atomic E-state index is 12.1. The van der Waals surface area contributed by atoms with Gasteiger partial charge in [0.15, 0.2) is 6.61 Å². The molecular weight excluding hydrogens is 303 g/mol. The first-order chi connectivity index (χ1) is 10.3. The van der Waals surface area contributed by atoms with E-state index in [-0.39, 0.29) is 6.04 Å². The average Bonchev–Trinajstić information content (AvgIpc) is 2.89. The van der Waals surface area contributed by atoms with Crippen LogP contribution in [0.5, 0.6) is 0 Å². The van der Waals surface area contributed by atoms with Gasteiger partial charge in [-0.25, -0.2) is 4.79 Å². The van der Waals surface area contributed by atoms with Crippen molar-refractivity contribution in [1.82, 2.24) is 14.7 Å². The van der Waals surface area contributed by atoms with Crippen molar-refractivity contribution >= 4 is 11.9 Å². The molecule has 1 aliphatic heterocycles. The molecular formula is C13H16F3N3O3. The van der Waals surface area contributed by atoms with Crippen molar-refractivity contribution in [2.45, 2.75) is 31.5 Å². The lowest BCUT2D eigenvalue weighted by Crippen LogP contribution is -2.44. The van der Waals surface area contributed by atoms with Crippen LogP contribution in [0.4, 0.5) is 13.2 Å². The predicted octanol–water partition coefficient (Wildman–Crippen LogP) is 1.58. The van der Waals surface area contributed by atoms with Gasteiger partial charge < -0.3 is 9.64 Å².